The van der Waals surface area contributed by atoms with E-state index in [9.17, 15) is 9.59 Å². The Morgan fingerprint density at radius 1 is 1.32 bits per heavy atom. The zero-order chi connectivity index (χ0) is 13.6. The lowest BCUT2D eigenvalue weighted by molar-refractivity contribution is -0.147. The van der Waals surface area contributed by atoms with Crippen LogP contribution in [0.5, 0.6) is 0 Å². The molecule has 1 aliphatic carbocycles. The maximum absolute atomic E-state index is 12.5. The molecule has 0 aromatic rings. The Bertz CT molecular complexity index is 422. The molecule has 4 nitrogen and oxygen atoms in total. The molecule has 1 atom stereocenters. The highest BCUT2D eigenvalue weighted by molar-refractivity contribution is 5.90. The van der Waals surface area contributed by atoms with Gasteiger partial charge >= 0.3 is 0 Å². The molecule has 2 saturated heterocycles. The molecule has 0 bridgehead atoms. The van der Waals surface area contributed by atoms with E-state index < -0.39 is 0 Å². The van der Waals surface area contributed by atoms with Crippen molar-refractivity contribution in [3.05, 3.63) is 12.7 Å². The van der Waals surface area contributed by atoms with Gasteiger partial charge in [-0.3, -0.25) is 9.59 Å². The average Bonchev–Trinajstić information content (AvgIpc) is 2.91. The van der Waals surface area contributed by atoms with Gasteiger partial charge in [0.15, 0.2) is 0 Å². The maximum atomic E-state index is 12.5. The minimum atomic E-state index is -0.0591. The fraction of sp³-hybridized carbons (Fsp3) is 0.733. The third-order valence-electron chi connectivity index (χ3n) is 5.10. The predicted molar refractivity (Wildman–Crippen MR) is 72.3 cm³/mol. The zero-order valence-corrected chi connectivity index (χ0v) is 11.6. The predicted octanol–water partition coefficient (Wildman–Crippen LogP) is 1.42. The van der Waals surface area contributed by atoms with Crippen molar-refractivity contribution in [1.29, 1.82) is 0 Å². The van der Waals surface area contributed by atoms with Crippen molar-refractivity contribution in [1.82, 2.24) is 9.80 Å². The number of hydrogen-bond acceptors (Lipinski definition) is 2. The second-order valence-corrected chi connectivity index (χ2v) is 6.49. The topological polar surface area (TPSA) is 40.6 Å². The molecule has 3 rings (SSSR count). The van der Waals surface area contributed by atoms with E-state index in [0.717, 1.165) is 19.4 Å². The smallest absolute Gasteiger partial charge is 0.246 e. The first-order valence-electron chi connectivity index (χ1n) is 7.27. The van der Waals surface area contributed by atoms with Gasteiger partial charge in [0.1, 0.15) is 0 Å². The van der Waals surface area contributed by atoms with E-state index >= 15 is 0 Å². The molecule has 0 aromatic carbocycles. The van der Waals surface area contributed by atoms with Gasteiger partial charge in [-0.25, -0.2) is 0 Å². The van der Waals surface area contributed by atoms with E-state index in [1.807, 2.05) is 0 Å². The van der Waals surface area contributed by atoms with E-state index in [-0.39, 0.29) is 17.7 Å². The van der Waals surface area contributed by atoms with E-state index in [1.54, 1.807) is 4.90 Å². The third-order valence-corrected chi connectivity index (χ3v) is 5.10. The quantitative estimate of drug-likeness (QED) is 0.722. The number of carbonyl (C=O) groups excluding carboxylic acids is 2. The van der Waals surface area contributed by atoms with Crippen molar-refractivity contribution in [2.45, 2.75) is 38.6 Å². The van der Waals surface area contributed by atoms with Gasteiger partial charge in [-0.05, 0) is 37.2 Å². The summed E-state index contributed by atoms with van der Waals surface area (Å²) < 4.78 is 0. The highest BCUT2D eigenvalue weighted by Gasteiger charge is 2.51. The Morgan fingerprint density at radius 3 is 2.58 bits per heavy atom. The summed E-state index contributed by atoms with van der Waals surface area (Å²) in [4.78, 5) is 27.7. The van der Waals surface area contributed by atoms with Crippen molar-refractivity contribution in [2.24, 2.45) is 11.3 Å². The van der Waals surface area contributed by atoms with Gasteiger partial charge in [-0.2, -0.15) is 0 Å². The summed E-state index contributed by atoms with van der Waals surface area (Å²) in [7, 11) is 0. The molecule has 104 valence electrons. The molecule has 3 aliphatic rings. The highest BCUT2D eigenvalue weighted by atomic mass is 16.2. The number of likely N-dealkylation sites (tertiary alicyclic amines) is 2. The Kier molecular flexibility index (Phi) is 2.91. The lowest BCUT2D eigenvalue weighted by Gasteiger charge is -2.41. The minimum Gasteiger partial charge on any atom is -0.339 e. The average molecular weight is 262 g/mol. The normalized spacial score (nSPS) is 29.0. The lowest BCUT2D eigenvalue weighted by atomic mass is 9.93. The molecule has 1 saturated carbocycles. The standard InChI is InChI=1S/C15H22N2O2/c1-3-13(18)16-9-11(10-16)14(19)17-8-4-5-12(17)15(2)6-7-15/h3,11-12H,1,4-10H2,2H3. The molecule has 2 heterocycles. The molecule has 0 radical (unpaired) electrons. The Morgan fingerprint density at radius 2 is 2.00 bits per heavy atom. The second kappa shape index (κ2) is 4.36. The van der Waals surface area contributed by atoms with E-state index in [1.165, 1.54) is 18.9 Å². The monoisotopic (exact) mass is 262 g/mol. The van der Waals surface area contributed by atoms with Crippen LogP contribution in [0.25, 0.3) is 0 Å². The number of nitrogens with zero attached hydrogens (tertiary/aromatic N) is 2. The fourth-order valence-corrected chi connectivity index (χ4v) is 3.46. The molecule has 0 aromatic heterocycles. The van der Waals surface area contributed by atoms with Gasteiger partial charge in [0.25, 0.3) is 0 Å². The van der Waals surface area contributed by atoms with Crippen molar-refractivity contribution in [3.8, 4) is 0 Å². The van der Waals surface area contributed by atoms with Crippen molar-refractivity contribution in [3.63, 3.8) is 0 Å². The van der Waals surface area contributed by atoms with Gasteiger partial charge in [-0.1, -0.05) is 13.5 Å². The molecule has 2 amide bonds. The first kappa shape index (κ1) is 12.7. The molecule has 2 aliphatic heterocycles. The number of rotatable bonds is 3. The van der Waals surface area contributed by atoms with Crippen LogP contribution in [0.3, 0.4) is 0 Å². The van der Waals surface area contributed by atoms with Gasteiger partial charge in [0, 0.05) is 25.7 Å². The first-order chi connectivity index (χ1) is 9.05. The zero-order valence-electron chi connectivity index (χ0n) is 11.6. The van der Waals surface area contributed by atoms with E-state index in [2.05, 4.69) is 18.4 Å². The van der Waals surface area contributed by atoms with Crippen LogP contribution in [0.1, 0.15) is 32.6 Å². The Labute approximate surface area is 114 Å². The summed E-state index contributed by atoms with van der Waals surface area (Å²) in [5, 5.41) is 0. The molecular weight excluding hydrogens is 240 g/mol. The number of amides is 2. The highest BCUT2D eigenvalue weighted by Crippen LogP contribution is 2.53. The van der Waals surface area contributed by atoms with Crippen LogP contribution in [0.15, 0.2) is 12.7 Å². The first-order valence-corrected chi connectivity index (χ1v) is 7.27. The molecular formula is C15H22N2O2. The van der Waals surface area contributed by atoms with Crippen LogP contribution in [-0.4, -0.2) is 47.3 Å². The van der Waals surface area contributed by atoms with Crippen LogP contribution in [-0.2, 0) is 9.59 Å². The van der Waals surface area contributed by atoms with Gasteiger partial charge in [0.05, 0.1) is 5.92 Å². The summed E-state index contributed by atoms with van der Waals surface area (Å²) in [5.41, 5.74) is 0.381. The number of hydrogen-bond donors (Lipinski definition) is 0. The summed E-state index contributed by atoms with van der Waals surface area (Å²) in [6.45, 7) is 7.83. The molecule has 4 heteroatoms. The van der Waals surface area contributed by atoms with Gasteiger partial charge in [0.2, 0.25) is 11.8 Å². The summed E-state index contributed by atoms with van der Waals surface area (Å²) >= 11 is 0. The van der Waals surface area contributed by atoms with Crippen LogP contribution in [0.4, 0.5) is 0 Å². The molecule has 0 spiro atoms. The van der Waals surface area contributed by atoms with Gasteiger partial charge < -0.3 is 9.80 Å². The van der Waals surface area contributed by atoms with E-state index in [0.29, 0.717) is 24.5 Å². The SMILES string of the molecule is C=CC(=O)N1CC(C(=O)N2CCCC2C2(C)CC2)C1. The van der Waals surface area contributed by atoms with Crippen LogP contribution >= 0.6 is 0 Å². The fourth-order valence-electron chi connectivity index (χ4n) is 3.46. The molecule has 1 unspecified atom stereocenters. The van der Waals surface area contributed by atoms with Gasteiger partial charge in [-0.15, -0.1) is 0 Å². The van der Waals surface area contributed by atoms with Crippen LogP contribution < -0.4 is 0 Å². The Balaban J connectivity index is 1.59. The minimum absolute atomic E-state index is 0.0202. The maximum Gasteiger partial charge on any atom is 0.246 e. The van der Waals surface area contributed by atoms with Crippen molar-refractivity contribution < 1.29 is 9.59 Å². The molecule has 19 heavy (non-hydrogen) atoms. The van der Waals surface area contributed by atoms with Crippen molar-refractivity contribution in [2.75, 3.05) is 19.6 Å². The summed E-state index contributed by atoms with van der Waals surface area (Å²) in [6, 6.07) is 0.448. The third kappa shape index (κ3) is 2.07. The number of carbonyl (C=O) groups is 2. The largest absolute Gasteiger partial charge is 0.339 e. The van der Waals surface area contributed by atoms with E-state index in [4.69, 9.17) is 0 Å². The summed E-state index contributed by atoms with van der Waals surface area (Å²) in [5.74, 6) is 0.228. The van der Waals surface area contributed by atoms with Crippen LogP contribution in [0.2, 0.25) is 0 Å². The van der Waals surface area contributed by atoms with Crippen LogP contribution in [0, 0.1) is 11.3 Å². The molecule has 3 fully saturated rings. The van der Waals surface area contributed by atoms with Crippen molar-refractivity contribution >= 4 is 11.8 Å². The second-order valence-electron chi connectivity index (χ2n) is 6.49. The molecule has 0 N–H and O–H groups in total. The lowest BCUT2D eigenvalue weighted by Crippen LogP contribution is -2.57. The summed E-state index contributed by atoms with van der Waals surface area (Å²) in [6.07, 6.45) is 6.13. The Hall–Kier alpha value is -1.32.